The first kappa shape index (κ1) is 97.2. The number of nitrogens with zero attached hydrogens (tertiary/aromatic N) is 1. The average Bonchev–Trinajstić information content (AvgIpc) is 0.783. The minimum absolute atomic E-state index is 0.00127. The first-order chi connectivity index (χ1) is 45.8. The van der Waals surface area contributed by atoms with Crippen LogP contribution in [0.15, 0.2) is 47.6 Å². The summed E-state index contributed by atoms with van der Waals surface area (Å²) in [5.41, 5.74) is 4.65. The van der Waals surface area contributed by atoms with E-state index in [-0.39, 0.29) is 110 Å². The maximum atomic E-state index is 13.1. The SMILES string of the molecule is CC.CC.CC.CC.CC.CC(=O)Nc1c(C)c(NC(C)=O)c(C)c(C(=O)OCCC(O)CCC(=O)OC2CCCCC2)c1C.CC(=O)[C@H](C)/C=C(\C)C(O)CC(=O)C(C)C[C@H](C)/C=C/C=C/C=C(\C)CCCCCC(C)C(O)(O)C(=O)C(=O)N1CCCCC1C(=O)OCC(C)C. The fourth-order valence-electron chi connectivity index (χ4n) is 10.5. The summed E-state index contributed by atoms with van der Waals surface area (Å²) in [6.07, 6.45) is 21.6. The van der Waals surface area contributed by atoms with E-state index in [9.17, 15) is 63.6 Å². The normalized spacial score (nSPS) is 15.8. The highest BCUT2D eigenvalue weighted by molar-refractivity contribution is 6.39. The van der Waals surface area contributed by atoms with Crippen LogP contribution in [-0.2, 0) is 52.6 Å². The maximum Gasteiger partial charge on any atom is 0.338 e. The third-order valence-corrected chi connectivity index (χ3v) is 16.2. The van der Waals surface area contributed by atoms with Gasteiger partial charge in [0.1, 0.15) is 23.7 Å². The van der Waals surface area contributed by atoms with Gasteiger partial charge in [-0.15, -0.1) is 0 Å². The van der Waals surface area contributed by atoms with E-state index in [1.165, 1.54) is 32.8 Å². The molecule has 0 bridgehead atoms. The number of hydrogen-bond donors (Lipinski definition) is 6. The van der Waals surface area contributed by atoms with Gasteiger partial charge >= 0.3 is 17.9 Å². The maximum absolute atomic E-state index is 13.1. The highest BCUT2D eigenvalue weighted by Gasteiger charge is 2.47. The van der Waals surface area contributed by atoms with Crippen LogP contribution in [0.2, 0.25) is 0 Å². The number of rotatable bonds is 33. The molecule has 1 aromatic carbocycles. The van der Waals surface area contributed by atoms with Gasteiger partial charge in [0.15, 0.2) is 0 Å². The molecule has 19 nitrogen and oxygen atoms in total. The molecule has 1 saturated carbocycles. The number of likely N-dealkylation sites (tertiary alicyclic amines) is 1. The molecule has 3 amide bonds. The first-order valence-electron chi connectivity index (χ1n) is 36.4. The summed E-state index contributed by atoms with van der Waals surface area (Å²) in [6, 6.07) is -0.901. The molecule has 1 aromatic rings. The number of carbonyl (C=O) groups excluding carboxylic acids is 9. The molecule has 2 fully saturated rings. The van der Waals surface area contributed by atoms with Crippen LogP contribution in [0.1, 0.15) is 288 Å². The van der Waals surface area contributed by atoms with Gasteiger partial charge < -0.3 is 50.2 Å². The van der Waals surface area contributed by atoms with Crippen LogP contribution >= 0.6 is 0 Å². The Kier molecular flexibility index (Phi) is 55.8. The van der Waals surface area contributed by atoms with Gasteiger partial charge in [0, 0.05) is 68.8 Å². The van der Waals surface area contributed by atoms with Crippen molar-refractivity contribution in [1.82, 2.24) is 4.90 Å². The van der Waals surface area contributed by atoms with E-state index in [0.29, 0.717) is 72.2 Å². The fraction of sp³-hybridized carbons (Fsp3) is 0.705. The zero-order chi connectivity index (χ0) is 75.7. The zero-order valence-electron chi connectivity index (χ0n) is 64.6. The van der Waals surface area contributed by atoms with Gasteiger partial charge in [-0.3, -0.25) is 33.6 Å². The molecule has 558 valence electrons. The molecule has 1 saturated heterocycles. The minimum atomic E-state index is -2.82. The highest BCUT2D eigenvalue weighted by Crippen LogP contribution is 2.36. The first-order valence-corrected chi connectivity index (χ1v) is 36.4. The molecule has 0 aromatic heterocycles. The molecule has 2 aliphatic rings. The number of nitrogens with one attached hydrogen (secondary N) is 2. The lowest BCUT2D eigenvalue weighted by molar-refractivity contribution is -0.205. The van der Waals surface area contributed by atoms with Crippen molar-refractivity contribution >= 4 is 64.4 Å². The number of allylic oxidation sites excluding steroid dienone is 7. The second-order valence-corrected chi connectivity index (χ2v) is 24.7. The van der Waals surface area contributed by atoms with E-state index in [2.05, 4.69) is 17.6 Å². The van der Waals surface area contributed by atoms with Crippen LogP contribution in [0.5, 0.6) is 0 Å². The summed E-state index contributed by atoms with van der Waals surface area (Å²) in [5.74, 6) is -8.34. The molecule has 19 heteroatoms. The molecule has 0 radical (unpaired) electrons. The third kappa shape index (κ3) is 39.3. The van der Waals surface area contributed by atoms with Crippen molar-refractivity contribution in [1.29, 1.82) is 0 Å². The van der Waals surface area contributed by atoms with E-state index in [1.54, 1.807) is 47.6 Å². The lowest BCUT2D eigenvalue weighted by atomic mass is 9.89. The Labute approximate surface area is 586 Å². The molecule has 1 aliphatic carbocycles. The Morgan fingerprint density at radius 3 is 1.71 bits per heavy atom. The molecule has 5 unspecified atom stereocenters. The van der Waals surface area contributed by atoms with E-state index in [1.807, 2.05) is 127 Å². The number of aliphatic hydroxyl groups is 4. The number of hydrogen-bond acceptors (Lipinski definition) is 16. The molecular weight excluding hydrogens is 1230 g/mol. The second kappa shape index (κ2) is 55.7. The van der Waals surface area contributed by atoms with Gasteiger partial charge in [-0.1, -0.05) is 172 Å². The molecule has 1 aliphatic heterocycles. The van der Waals surface area contributed by atoms with Gasteiger partial charge in [-0.2, -0.15) is 0 Å². The predicted molar refractivity (Wildman–Crippen MR) is 393 cm³/mol. The van der Waals surface area contributed by atoms with Crippen LogP contribution in [0.25, 0.3) is 0 Å². The van der Waals surface area contributed by atoms with Crippen LogP contribution < -0.4 is 10.6 Å². The molecule has 3 rings (SSSR count). The van der Waals surface area contributed by atoms with Crippen molar-refractivity contribution in [3.8, 4) is 0 Å². The number of esters is 3. The van der Waals surface area contributed by atoms with Crippen LogP contribution in [0, 0.1) is 50.4 Å². The summed E-state index contributed by atoms with van der Waals surface area (Å²) in [4.78, 5) is 112. The van der Waals surface area contributed by atoms with E-state index in [4.69, 9.17) is 14.2 Å². The number of ketones is 3. The highest BCUT2D eigenvalue weighted by atomic mass is 16.5. The lowest BCUT2D eigenvalue weighted by Crippen LogP contribution is -2.57. The molecule has 6 N–H and O–H groups in total. The number of aliphatic hydroxyl groups excluding tert-OH is 2. The molecule has 97 heavy (non-hydrogen) atoms. The van der Waals surface area contributed by atoms with E-state index >= 15 is 0 Å². The average molecular weight is 1370 g/mol. The number of ether oxygens (including phenoxy) is 3. The largest absolute Gasteiger partial charge is 0.464 e. The second-order valence-electron chi connectivity index (χ2n) is 24.7. The van der Waals surface area contributed by atoms with Crippen LogP contribution in [0.4, 0.5) is 11.4 Å². The number of unbranched alkanes of at least 4 members (excludes halogenated alkanes) is 2. The molecule has 7 atom stereocenters. The molecule has 0 spiro atoms. The Morgan fingerprint density at radius 1 is 0.639 bits per heavy atom. The Hall–Kier alpha value is -6.15. The Morgan fingerprint density at radius 2 is 1.19 bits per heavy atom. The van der Waals surface area contributed by atoms with Gasteiger partial charge in [0.05, 0.1) is 31.0 Å². The van der Waals surface area contributed by atoms with Crippen molar-refractivity contribution < 1.29 is 77.8 Å². The van der Waals surface area contributed by atoms with Crippen molar-refractivity contribution in [2.45, 2.75) is 312 Å². The smallest absolute Gasteiger partial charge is 0.338 e. The van der Waals surface area contributed by atoms with Crippen molar-refractivity contribution in [2.75, 3.05) is 30.4 Å². The summed E-state index contributed by atoms with van der Waals surface area (Å²) in [7, 11) is 0. The van der Waals surface area contributed by atoms with Crippen molar-refractivity contribution in [3.63, 3.8) is 0 Å². The lowest BCUT2D eigenvalue weighted by Gasteiger charge is -2.36. The number of Topliss-reactive ketones (excluding diaryl/α,β-unsaturated/α-hetero) is 3. The number of carbonyl (C=O) groups is 9. The quantitative estimate of drug-likeness (QED) is 0.00725. The Balaban J connectivity index is -0.000000832. The minimum Gasteiger partial charge on any atom is -0.464 e. The van der Waals surface area contributed by atoms with E-state index in [0.717, 1.165) is 49.8 Å². The van der Waals surface area contributed by atoms with Crippen molar-refractivity contribution in [2.24, 2.45) is 29.6 Å². The number of benzene rings is 1. The predicted octanol–water partition coefficient (Wildman–Crippen LogP) is 15.8. The standard InChI is InChI=1S/C42H67NO9.C26H38N2O7.5C2H6/c1-28(2)27-52-41(49)36-22-16-17-23-43(36)40(48)39(47)42(50,51)34(8)21-15-11-13-19-29(3)18-12-10-14-20-30(4)24-32(6)37(45)26-38(46)33(7)25-31(5)35(9)44;1-15-23(16(2)25(28-19(5)30)17(3)24(15)27-18(4)29)26(33)34-14-13-20(31)11-12-22(32)35-21-9-7-6-8-10-21;5*1-2/h10,12,14,18,20,25,28,30-32,34,36,38,46,50-51H,11,13,15-17,19,21-24,26-27H2,1-9H3;20-21,31H,6-14H2,1-5H3,(H,27,29)(H,28,30);5*1-2H3/b12-10+,20-14+,29-18+,33-25+;;;;;;/t30-,31-,32?,34?,36?,38?;;;;;;/m1....../s1. The fourth-order valence-corrected chi connectivity index (χ4v) is 10.5. The monoisotopic (exact) mass is 1370 g/mol. The number of piperidine rings is 1. The summed E-state index contributed by atoms with van der Waals surface area (Å²) in [6.45, 7) is 44.6. The van der Waals surface area contributed by atoms with Crippen molar-refractivity contribution in [3.05, 3.63) is 69.9 Å². The van der Waals surface area contributed by atoms with Crippen LogP contribution in [-0.4, -0.2) is 128 Å². The molecular formula is C78H135N3O16. The van der Waals surface area contributed by atoms with E-state index < -0.39 is 53.6 Å². The summed E-state index contributed by atoms with van der Waals surface area (Å²) >= 11 is 0. The topological polar surface area (TPSA) is 290 Å². The Bertz CT molecular complexity index is 2570. The zero-order valence-corrected chi connectivity index (χ0v) is 64.6. The molecule has 1 heterocycles. The van der Waals surface area contributed by atoms with Gasteiger partial charge in [-0.25, -0.2) is 9.59 Å². The number of anilines is 2. The number of amides is 3. The summed E-state index contributed by atoms with van der Waals surface area (Å²) in [5, 5.41) is 47.5. The van der Waals surface area contributed by atoms with Crippen LogP contribution in [0.3, 0.4) is 0 Å². The van der Waals surface area contributed by atoms with Gasteiger partial charge in [0.25, 0.3) is 11.7 Å². The van der Waals surface area contributed by atoms with Gasteiger partial charge in [-0.05, 0) is 153 Å². The summed E-state index contributed by atoms with van der Waals surface area (Å²) < 4.78 is 16.2. The third-order valence-electron chi connectivity index (χ3n) is 16.2. The van der Waals surface area contributed by atoms with Gasteiger partial charge in [0.2, 0.25) is 17.6 Å².